The minimum absolute atomic E-state index is 0.00451. The maximum atomic E-state index is 12.8. The van der Waals surface area contributed by atoms with E-state index >= 15 is 0 Å². The summed E-state index contributed by atoms with van der Waals surface area (Å²) < 4.78 is 0. The standard InChI is InChI=1S/C18H30N2O3/c1-5-6-11-19-14(21)8-7-12-20-15(22)13-9-10-18(4,16(20)23)17(13,2)3/h13H,5-12H2,1-4H3,(H,19,21). The number of hydrogen-bond acceptors (Lipinski definition) is 3. The summed E-state index contributed by atoms with van der Waals surface area (Å²) in [6.07, 6.45) is 4.51. The number of amides is 3. The van der Waals surface area contributed by atoms with Gasteiger partial charge in [0.15, 0.2) is 0 Å². The van der Waals surface area contributed by atoms with Gasteiger partial charge in [0.25, 0.3) is 0 Å². The van der Waals surface area contributed by atoms with E-state index in [0.717, 1.165) is 25.7 Å². The molecule has 2 atom stereocenters. The van der Waals surface area contributed by atoms with E-state index in [2.05, 4.69) is 12.2 Å². The highest BCUT2D eigenvalue weighted by molar-refractivity contribution is 6.03. The zero-order valence-electron chi connectivity index (χ0n) is 14.9. The highest BCUT2D eigenvalue weighted by Crippen LogP contribution is 2.59. The molecule has 3 amide bonds. The molecule has 0 spiro atoms. The first-order valence-electron chi connectivity index (χ1n) is 8.88. The molecular weight excluding hydrogens is 292 g/mol. The normalized spacial score (nSPS) is 29.0. The molecule has 0 radical (unpaired) electrons. The van der Waals surface area contributed by atoms with Crippen molar-refractivity contribution in [1.29, 1.82) is 0 Å². The fourth-order valence-electron chi connectivity index (χ4n) is 4.00. The van der Waals surface area contributed by atoms with Gasteiger partial charge in [-0.15, -0.1) is 0 Å². The van der Waals surface area contributed by atoms with Gasteiger partial charge in [0.1, 0.15) is 0 Å². The number of carbonyl (C=O) groups excluding carboxylic acids is 3. The van der Waals surface area contributed by atoms with Crippen molar-refractivity contribution in [3.63, 3.8) is 0 Å². The number of imide groups is 1. The van der Waals surface area contributed by atoms with Crippen LogP contribution in [-0.2, 0) is 14.4 Å². The summed E-state index contributed by atoms with van der Waals surface area (Å²) in [6.45, 7) is 9.21. The molecule has 5 nitrogen and oxygen atoms in total. The number of hydrogen-bond donors (Lipinski definition) is 1. The van der Waals surface area contributed by atoms with Gasteiger partial charge in [0, 0.05) is 25.4 Å². The van der Waals surface area contributed by atoms with Crippen LogP contribution in [0.25, 0.3) is 0 Å². The van der Waals surface area contributed by atoms with E-state index in [4.69, 9.17) is 0 Å². The molecule has 1 aliphatic carbocycles. The van der Waals surface area contributed by atoms with Gasteiger partial charge in [0.2, 0.25) is 17.7 Å². The molecule has 23 heavy (non-hydrogen) atoms. The molecule has 0 aromatic heterocycles. The van der Waals surface area contributed by atoms with Gasteiger partial charge in [-0.05, 0) is 31.1 Å². The molecule has 2 aliphatic rings. The average molecular weight is 322 g/mol. The average Bonchev–Trinajstić information content (AvgIpc) is 2.68. The number of likely N-dealkylation sites (tertiary alicyclic amines) is 1. The van der Waals surface area contributed by atoms with Crippen molar-refractivity contribution < 1.29 is 14.4 Å². The minimum atomic E-state index is -0.449. The first kappa shape index (κ1) is 18.0. The first-order valence-corrected chi connectivity index (χ1v) is 8.88. The molecule has 0 aromatic carbocycles. The molecule has 2 unspecified atom stereocenters. The number of nitrogens with zero attached hydrogens (tertiary/aromatic N) is 1. The van der Waals surface area contributed by atoms with Gasteiger partial charge >= 0.3 is 0 Å². The molecule has 1 N–H and O–H groups in total. The lowest BCUT2D eigenvalue weighted by Crippen LogP contribution is -2.59. The van der Waals surface area contributed by atoms with Crippen LogP contribution in [0.3, 0.4) is 0 Å². The maximum Gasteiger partial charge on any atom is 0.235 e. The van der Waals surface area contributed by atoms with E-state index in [0.29, 0.717) is 25.9 Å². The molecule has 1 aliphatic heterocycles. The smallest absolute Gasteiger partial charge is 0.235 e. The largest absolute Gasteiger partial charge is 0.356 e. The van der Waals surface area contributed by atoms with Crippen LogP contribution in [-0.4, -0.2) is 35.7 Å². The fraction of sp³-hybridized carbons (Fsp3) is 0.833. The van der Waals surface area contributed by atoms with Crippen molar-refractivity contribution in [1.82, 2.24) is 10.2 Å². The summed E-state index contributed by atoms with van der Waals surface area (Å²) in [7, 11) is 0. The number of fused-ring (bicyclic) bond motifs is 2. The Kier molecular flexibility index (Phi) is 5.17. The summed E-state index contributed by atoms with van der Waals surface area (Å²) >= 11 is 0. The highest BCUT2D eigenvalue weighted by atomic mass is 16.2. The van der Waals surface area contributed by atoms with Crippen LogP contribution in [0.4, 0.5) is 0 Å². The second-order valence-electron chi connectivity index (χ2n) is 7.75. The van der Waals surface area contributed by atoms with Crippen LogP contribution in [0.1, 0.15) is 66.2 Å². The van der Waals surface area contributed by atoms with E-state index in [1.54, 1.807) is 0 Å². The third-order valence-corrected chi connectivity index (χ3v) is 6.15. The number of nitrogens with one attached hydrogen (secondary N) is 1. The molecule has 1 saturated heterocycles. The van der Waals surface area contributed by atoms with Gasteiger partial charge in [-0.25, -0.2) is 0 Å². The molecule has 2 rings (SSSR count). The van der Waals surface area contributed by atoms with Crippen molar-refractivity contribution in [2.75, 3.05) is 13.1 Å². The number of unbranched alkanes of at least 4 members (excludes halogenated alkanes) is 1. The first-order chi connectivity index (χ1) is 10.8. The second-order valence-corrected chi connectivity index (χ2v) is 7.75. The Labute approximate surface area is 139 Å². The van der Waals surface area contributed by atoms with Gasteiger partial charge in [-0.3, -0.25) is 19.3 Å². The number of carbonyl (C=O) groups is 3. The van der Waals surface area contributed by atoms with E-state index in [1.165, 1.54) is 4.90 Å². The summed E-state index contributed by atoms with van der Waals surface area (Å²) in [4.78, 5) is 38.6. The lowest BCUT2D eigenvalue weighted by atomic mass is 9.62. The SMILES string of the molecule is CCCCNC(=O)CCCN1C(=O)C2CCC(C)(C1=O)C2(C)C. The Morgan fingerprint density at radius 2 is 1.96 bits per heavy atom. The molecule has 130 valence electrons. The van der Waals surface area contributed by atoms with Gasteiger partial charge in [-0.1, -0.05) is 34.1 Å². The van der Waals surface area contributed by atoms with Crippen LogP contribution >= 0.6 is 0 Å². The van der Waals surface area contributed by atoms with Crippen molar-refractivity contribution in [3.05, 3.63) is 0 Å². The van der Waals surface area contributed by atoms with Gasteiger partial charge in [-0.2, -0.15) is 0 Å². The summed E-state index contributed by atoms with van der Waals surface area (Å²) in [5, 5.41) is 2.87. The molecule has 1 saturated carbocycles. The molecule has 1 heterocycles. The monoisotopic (exact) mass is 322 g/mol. The lowest BCUT2D eigenvalue weighted by Gasteiger charge is -2.47. The Balaban J connectivity index is 1.91. The van der Waals surface area contributed by atoms with Gasteiger partial charge < -0.3 is 5.32 Å². The van der Waals surface area contributed by atoms with Crippen LogP contribution in [0.15, 0.2) is 0 Å². The van der Waals surface area contributed by atoms with E-state index < -0.39 is 5.41 Å². The lowest BCUT2D eigenvalue weighted by molar-refractivity contribution is -0.168. The molecule has 5 heteroatoms. The Bertz CT molecular complexity index is 500. The Morgan fingerprint density at radius 1 is 1.26 bits per heavy atom. The van der Waals surface area contributed by atoms with Gasteiger partial charge in [0.05, 0.1) is 5.41 Å². The summed E-state index contributed by atoms with van der Waals surface area (Å²) in [6, 6.07) is 0. The second kappa shape index (κ2) is 6.62. The molecule has 2 fully saturated rings. The van der Waals surface area contributed by atoms with E-state index in [1.807, 2.05) is 20.8 Å². The van der Waals surface area contributed by atoms with Crippen LogP contribution in [0.5, 0.6) is 0 Å². The summed E-state index contributed by atoms with van der Waals surface area (Å²) in [5.41, 5.74) is -0.718. The van der Waals surface area contributed by atoms with Crippen molar-refractivity contribution >= 4 is 17.7 Å². The molecule has 2 bridgehead atoms. The minimum Gasteiger partial charge on any atom is -0.356 e. The van der Waals surface area contributed by atoms with Crippen LogP contribution < -0.4 is 5.32 Å². The number of rotatable bonds is 7. The quantitative estimate of drug-likeness (QED) is 0.578. The molecular formula is C18H30N2O3. The third kappa shape index (κ3) is 3.02. The van der Waals surface area contributed by atoms with Crippen molar-refractivity contribution in [2.45, 2.75) is 66.2 Å². The van der Waals surface area contributed by atoms with Crippen molar-refractivity contribution in [2.24, 2.45) is 16.7 Å². The van der Waals surface area contributed by atoms with Crippen molar-refractivity contribution in [3.8, 4) is 0 Å². The fourth-order valence-corrected chi connectivity index (χ4v) is 4.00. The van der Waals surface area contributed by atoms with E-state index in [9.17, 15) is 14.4 Å². The zero-order chi connectivity index (χ0) is 17.3. The number of piperidine rings is 1. The zero-order valence-corrected chi connectivity index (χ0v) is 14.9. The predicted molar refractivity (Wildman–Crippen MR) is 88.5 cm³/mol. The van der Waals surface area contributed by atoms with Crippen LogP contribution in [0.2, 0.25) is 0 Å². The highest BCUT2D eigenvalue weighted by Gasteiger charge is 2.64. The Morgan fingerprint density at radius 3 is 2.61 bits per heavy atom. The maximum absolute atomic E-state index is 12.8. The van der Waals surface area contributed by atoms with Crippen LogP contribution in [0, 0.1) is 16.7 Å². The molecule has 0 aromatic rings. The topological polar surface area (TPSA) is 66.5 Å². The third-order valence-electron chi connectivity index (χ3n) is 6.15. The predicted octanol–water partition coefficient (Wildman–Crippen LogP) is 2.49. The summed E-state index contributed by atoms with van der Waals surface area (Å²) in [5.74, 6) is -0.151. The van der Waals surface area contributed by atoms with E-state index in [-0.39, 0.29) is 29.1 Å². The Hall–Kier alpha value is -1.39.